The van der Waals surface area contributed by atoms with Gasteiger partial charge in [-0.25, -0.2) is 0 Å². The van der Waals surface area contributed by atoms with Gasteiger partial charge in [0.25, 0.3) is 23.9 Å². The molecule has 0 bridgehead atoms. The lowest BCUT2D eigenvalue weighted by Crippen LogP contribution is -2.11. The highest BCUT2D eigenvalue weighted by atomic mass is 16.4. The second kappa shape index (κ2) is 50.3. The van der Waals surface area contributed by atoms with E-state index in [4.69, 9.17) is 51.1 Å². The molecule has 0 heterocycles. The van der Waals surface area contributed by atoms with Crippen molar-refractivity contribution in [3.63, 3.8) is 0 Å². The predicted octanol–water partition coefficient (Wildman–Crippen LogP) is -0.247. The van der Waals surface area contributed by atoms with Gasteiger partial charge < -0.3 is 50.3 Å². The van der Waals surface area contributed by atoms with Gasteiger partial charge >= 0.3 is 0 Å². The molecule has 0 aliphatic rings. The minimum Gasteiger partial charge on any atom is -0.481 e. The van der Waals surface area contributed by atoms with Crippen molar-refractivity contribution >= 4 is 23.9 Å². The van der Waals surface area contributed by atoms with Crippen LogP contribution in [0.4, 0.5) is 0 Å². The third kappa shape index (κ3) is 3530. The van der Waals surface area contributed by atoms with E-state index in [-0.39, 0.29) is 18.5 Å². The quantitative estimate of drug-likeness (QED) is 0.294. The van der Waals surface area contributed by atoms with E-state index in [1.54, 1.807) is 0 Å². The Bertz CT molecular complexity index is 198. The van der Waals surface area contributed by atoms with E-state index in [0.29, 0.717) is 13.1 Å². The van der Waals surface area contributed by atoms with E-state index in [1.807, 2.05) is 0 Å². The second-order valence-electron chi connectivity index (χ2n) is 2.65. The summed E-state index contributed by atoms with van der Waals surface area (Å²) in [6.07, 6.45) is 0. The Balaban J connectivity index is -0.0000000197. The minimum absolute atomic E-state index is 0. The molecular weight excluding hydrogens is 318 g/mol. The molecule has 0 spiro atoms. The van der Waals surface area contributed by atoms with E-state index < -0.39 is 23.9 Å². The van der Waals surface area contributed by atoms with Gasteiger partial charge in [0.1, 0.15) is 0 Å². The van der Waals surface area contributed by atoms with Gasteiger partial charge in [-0.05, 0) is 0 Å². The number of carboxylic acids is 4. The van der Waals surface area contributed by atoms with Crippen molar-refractivity contribution in [2.45, 2.75) is 27.7 Å². The molecule has 0 saturated carbocycles. The van der Waals surface area contributed by atoms with Crippen molar-refractivity contribution < 1.29 is 39.6 Å². The van der Waals surface area contributed by atoms with E-state index in [0.717, 1.165) is 27.7 Å². The van der Waals surface area contributed by atoms with Crippen LogP contribution in [0.25, 0.3) is 0 Å². The SMILES string of the molecule is CC(=O)O.CC(=O)O.CC(=O)O.CC(=O)O.N.N.N.NCCN. The van der Waals surface area contributed by atoms with Crippen molar-refractivity contribution in [3.8, 4) is 0 Å². The van der Waals surface area contributed by atoms with Crippen LogP contribution in [0.5, 0.6) is 0 Å². The van der Waals surface area contributed by atoms with Gasteiger partial charge in [-0.2, -0.15) is 0 Å². The Morgan fingerprint density at radius 1 is 0.565 bits per heavy atom. The van der Waals surface area contributed by atoms with E-state index in [2.05, 4.69) is 0 Å². The fourth-order valence-electron chi connectivity index (χ4n) is 0. The molecular formula is C10H33N5O8. The number of aliphatic carboxylic acids is 4. The molecule has 0 aliphatic carbocycles. The zero-order chi connectivity index (χ0) is 17.7. The Labute approximate surface area is 135 Å². The van der Waals surface area contributed by atoms with Crippen LogP contribution in [0, 0.1) is 0 Å². The lowest BCUT2D eigenvalue weighted by molar-refractivity contribution is -0.135. The summed E-state index contributed by atoms with van der Waals surface area (Å²) < 4.78 is 0. The predicted molar refractivity (Wildman–Crippen MR) is 86.4 cm³/mol. The van der Waals surface area contributed by atoms with Crippen LogP contribution in [-0.2, 0) is 19.2 Å². The van der Waals surface area contributed by atoms with E-state index in [1.165, 1.54) is 0 Å². The first-order valence-corrected chi connectivity index (χ1v) is 5.03. The zero-order valence-corrected chi connectivity index (χ0v) is 14.1. The summed E-state index contributed by atoms with van der Waals surface area (Å²) in [5.74, 6) is -3.33. The van der Waals surface area contributed by atoms with Gasteiger partial charge in [0, 0.05) is 40.8 Å². The molecule has 0 aromatic rings. The number of hydrogen-bond donors (Lipinski definition) is 9. The summed E-state index contributed by atoms with van der Waals surface area (Å²) in [6.45, 7) is 5.53. The number of hydrogen-bond acceptors (Lipinski definition) is 9. The average molecular weight is 351 g/mol. The summed E-state index contributed by atoms with van der Waals surface area (Å²) >= 11 is 0. The molecule has 23 heavy (non-hydrogen) atoms. The van der Waals surface area contributed by atoms with Crippen molar-refractivity contribution in [2.75, 3.05) is 13.1 Å². The number of nitrogens with two attached hydrogens (primary N) is 2. The average Bonchev–Trinajstić information content (AvgIpc) is 2.13. The lowest BCUT2D eigenvalue weighted by Gasteiger charge is -1.72. The maximum absolute atomic E-state index is 9.00. The molecule has 0 aromatic carbocycles. The maximum atomic E-state index is 9.00. The third-order valence-corrected chi connectivity index (χ3v) is 0.167. The van der Waals surface area contributed by atoms with Gasteiger partial charge in [0.15, 0.2) is 0 Å². The van der Waals surface area contributed by atoms with Crippen LogP contribution >= 0.6 is 0 Å². The highest BCUT2D eigenvalue weighted by Crippen LogP contribution is 1.43. The number of carbonyl (C=O) groups is 4. The fraction of sp³-hybridized carbons (Fsp3) is 0.600. The molecule has 0 atom stereocenters. The largest absolute Gasteiger partial charge is 0.481 e. The van der Waals surface area contributed by atoms with E-state index >= 15 is 0 Å². The molecule has 0 rings (SSSR count). The molecule has 13 heteroatoms. The van der Waals surface area contributed by atoms with Crippen LogP contribution in [0.2, 0.25) is 0 Å². The lowest BCUT2D eigenvalue weighted by atomic mass is 10.7. The van der Waals surface area contributed by atoms with Crippen LogP contribution in [0.1, 0.15) is 27.7 Å². The summed E-state index contributed by atoms with van der Waals surface area (Å²) in [5, 5.41) is 29.7. The standard InChI is InChI=1S/C2H8N2.4C2H4O2.3H3N/c3-1-2-4;4*1-2(3)4;;;/h1-4H2;4*1H3,(H,3,4);3*1H3. The summed E-state index contributed by atoms with van der Waals surface area (Å²) in [5.41, 5.74) is 9.81. The number of rotatable bonds is 1. The molecule has 17 N–H and O–H groups in total. The summed E-state index contributed by atoms with van der Waals surface area (Å²) in [6, 6.07) is 0. The molecule has 0 aliphatic heterocycles. The normalized spacial score (nSPS) is 5.65. The molecule has 0 radical (unpaired) electrons. The monoisotopic (exact) mass is 351 g/mol. The van der Waals surface area contributed by atoms with Crippen LogP contribution < -0.4 is 29.9 Å². The second-order valence-corrected chi connectivity index (χ2v) is 2.65. The molecule has 0 aromatic heterocycles. The zero-order valence-electron chi connectivity index (χ0n) is 14.1. The highest BCUT2D eigenvalue weighted by Gasteiger charge is 1.66. The molecule has 0 unspecified atom stereocenters. The van der Waals surface area contributed by atoms with Gasteiger partial charge in [-0.3, -0.25) is 19.2 Å². The van der Waals surface area contributed by atoms with Crippen LogP contribution in [-0.4, -0.2) is 57.4 Å². The van der Waals surface area contributed by atoms with Crippen LogP contribution in [0.3, 0.4) is 0 Å². The van der Waals surface area contributed by atoms with Crippen molar-refractivity contribution in [3.05, 3.63) is 0 Å². The molecule has 0 saturated heterocycles. The van der Waals surface area contributed by atoms with Crippen molar-refractivity contribution in [1.29, 1.82) is 0 Å². The van der Waals surface area contributed by atoms with E-state index in [9.17, 15) is 0 Å². The third-order valence-electron chi connectivity index (χ3n) is 0.167. The Hall–Kier alpha value is -2.32. The topological polar surface area (TPSA) is 306 Å². The van der Waals surface area contributed by atoms with Crippen molar-refractivity contribution in [2.24, 2.45) is 11.5 Å². The smallest absolute Gasteiger partial charge is 0.300 e. The Morgan fingerprint density at radius 3 is 0.609 bits per heavy atom. The number of carboxylic acid groups (broad SMARTS) is 4. The first-order valence-electron chi connectivity index (χ1n) is 5.03. The van der Waals surface area contributed by atoms with Gasteiger partial charge in [-0.1, -0.05) is 0 Å². The first-order chi connectivity index (χ1) is 8.84. The van der Waals surface area contributed by atoms with Gasteiger partial charge in [-0.15, -0.1) is 0 Å². The minimum atomic E-state index is -0.833. The van der Waals surface area contributed by atoms with Crippen LogP contribution in [0.15, 0.2) is 0 Å². The fourth-order valence-corrected chi connectivity index (χ4v) is 0. The van der Waals surface area contributed by atoms with Gasteiger partial charge in [0.2, 0.25) is 0 Å². The summed E-state index contributed by atoms with van der Waals surface area (Å²) in [7, 11) is 0. The summed E-state index contributed by atoms with van der Waals surface area (Å²) in [4.78, 5) is 36.0. The Kier molecular flexibility index (Phi) is 109. The highest BCUT2D eigenvalue weighted by molar-refractivity contribution is 5.63. The van der Waals surface area contributed by atoms with Crippen molar-refractivity contribution in [1.82, 2.24) is 18.5 Å². The maximum Gasteiger partial charge on any atom is 0.300 e. The molecule has 13 nitrogen and oxygen atoms in total. The molecule has 146 valence electrons. The Morgan fingerprint density at radius 2 is 0.609 bits per heavy atom. The molecule has 0 fully saturated rings. The molecule has 0 amide bonds. The van der Waals surface area contributed by atoms with Gasteiger partial charge in [0.05, 0.1) is 0 Å². The first kappa shape index (κ1) is 49.8.